The Morgan fingerprint density at radius 1 is 0.900 bits per heavy atom. The first-order valence-electron chi connectivity index (χ1n) is 9.56. The van der Waals surface area contributed by atoms with Gasteiger partial charge in [-0.15, -0.1) is 0 Å². The van der Waals surface area contributed by atoms with Gasteiger partial charge in [-0.05, 0) is 58.1 Å². The first kappa shape index (κ1) is 21.5. The quantitative estimate of drug-likeness (QED) is 0.396. The van der Waals surface area contributed by atoms with Crippen molar-refractivity contribution in [3.63, 3.8) is 0 Å². The molecule has 4 rings (SSSR count). The molecule has 0 radical (unpaired) electrons. The minimum Gasteiger partial charge on any atom is -0.374 e. The fourth-order valence-electron chi connectivity index (χ4n) is 5.52. The molecule has 1 spiro atoms. The monoisotopic (exact) mass is 458 g/mol. The standard InChI is InChI=1S/C22H22ClF3O3S/c1-19(2)11-21(14-8-6-5-7-13(14)19)12-20(3,4)15-9-17(23)18(10-16(15)21)29-30(27,28)22(24,25)26/h5-10H,11-12H2,1-4H3. The van der Waals surface area contributed by atoms with Gasteiger partial charge in [-0.2, -0.15) is 21.6 Å². The lowest BCUT2D eigenvalue weighted by Crippen LogP contribution is -2.28. The first-order chi connectivity index (χ1) is 13.6. The summed E-state index contributed by atoms with van der Waals surface area (Å²) in [5, 5.41) is -0.155. The molecule has 2 aliphatic carbocycles. The van der Waals surface area contributed by atoms with E-state index in [9.17, 15) is 21.6 Å². The molecule has 2 aromatic rings. The summed E-state index contributed by atoms with van der Waals surface area (Å²) in [6, 6.07) is 11.0. The second-order valence-corrected chi connectivity index (χ2v) is 11.5. The molecule has 2 aliphatic rings. The summed E-state index contributed by atoms with van der Waals surface area (Å²) in [7, 11) is -5.82. The van der Waals surface area contributed by atoms with E-state index in [1.807, 2.05) is 12.1 Å². The molecule has 30 heavy (non-hydrogen) atoms. The summed E-state index contributed by atoms with van der Waals surface area (Å²) in [5.41, 5.74) is -2.44. The minimum atomic E-state index is -5.82. The van der Waals surface area contributed by atoms with Crippen LogP contribution in [0.25, 0.3) is 0 Å². The second-order valence-electron chi connectivity index (χ2n) is 9.56. The molecule has 2 aromatic carbocycles. The van der Waals surface area contributed by atoms with Crippen LogP contribution in [0.5, 0.6) is 5.75 Å². The van der Waals surface area contributed by atoms with Crippen LogP contribution in [0.1, 0.15) is 62.8 Å². The fraction of sp³-hybridized carbons (Fsp3) is 0.455. The van der Waals surface area contributed by atoms with E-state index in [-0.39, 0.29) is 15.9 Å². The van der Waals surface area contributed by atoms with Crippen LogP contribution < -0.4 is 4.18 Å². The molecule has 8 heteroatoms. The van der Waals surface area contributed by atoms with E-state index >= 15 is 0 Å². The third-order valence-corrected chi connectivity index (χ3v) is 7.72. The van der Waals surface area contributed by atoms with Crippen LogP contribution in [0.15, 0.2) is 36.4 Å². The van der Waals surface area contributed by atoms with Crippen molar-refractivity contribution in [1.82, 2.24) is 0 Å². The first-order valence-corrected chi connectivity index (χ1v) is 11.3. The molecule has 3 nitrogen and oxygen atoms in total. The number of alkyl halides is 3. The Labute approximate surface area is 179 Å². The van der Waals surface area contributed by atoms with Crippen LogP contribution in [0.3, 0.4) is 0 Å². The molecule has 0 heterocycles. The zero-order chi connectivity index (χ0) is 22.3. The van der Waals surface area contributed by atoms with Crippen molar-refractivity contribution >= 4 is 21.7 Å². The molecule has 162 valence electrons. The topological polar surface area (TPSA) is 43.4 Å². The third kappa shape index (κ3) is 2.96. The van der Waals surface area contributed by atoms with E-state index in [0.717, 1.165) is 29.5 Å². The number of rotatable bonds is 2. The Bertz CT molecular complexity index is 1150. The van der Waals surface area contributed by atoms with E-state index in [4.69, 9.17) is 11.6 Å². The highest BCUT2D eigenvalue weighted by Gasteiger charge is 2.56. The molecule has 0 bridgehead atoms. The van der Waals surface area contributed by atoms with Crippen LogP contribution in [0.4, 0.5) is 13.2 Å². The summed E-state index contributed by atoms with van der Waals surface area (Å²) >= 11 is 6.19. The Hall–Kier alpha value is -1.73. The van der Waals surface area contributed by atoms with Crippen LogP contribution in [0, 0.1) is 0 Å². The minimum absolute atomic E-state index is 0.146. The Balaban J connectivity index is 1.95. The molecule has 0 aromatic heterocycles. The maximum Gasteiger partial charge on any atom is 0.534 e. The smallest absolute Gasteiger partial charge is 0.374 e. The van der Waals surface area contributed by atoms with Crippen molar-refractivity contribution < 1.29 is 25.8 Å². The predicted octanol–water partition coefficient (Wildman–Crippen LogP) is 6.22. The lowest BCUT2D eigenvalue weighted by atomic mass is 9.72. The fourth-order valence-corrected chi connectivity index (χ4v) is 6.23. The lowest BCUT2D eigenvalue weighted by molar-refractivity contribution is -0.0500. The zero-order valence-corrected chi connectivity index (χ0v) is 18.6. The molecule has 0 saturated carbocycles. The average molecular weight is 459 g/mol. The highest BCUT2D eigenvalue weighted by atomic mass is 35.5. The molecule has 0 fully saturated rings. The van der Waals surface area contributed by atoms with Crippen molar-refractivity contribution in [3.05, 3.63) is 63.7 Å². The van der Waals surface area contributed by atoms with Crippen molar-refractivity contribution in [2.45, 2.75) is 62.3 Å². The van der Waals surface area contributed by atoms with E-state index in [1.165, 1.54) is 11.6 Å². The van der Waals surface area contributed by atoms with Crippen molar-refractivity contribution in [2.75, 3.05) is 0 Å². The number of benzene rings is 2. The highest BCUT2D eigenvalue weighted by molar-refractivity contribution is 7.88. The summed E-state index contributed by atoms with van der Waals surface area (Å²) < 4.78 is 66.3. The largest absolute Gasteiger partial charge is 0.534 e. The SMILES string of the molecule is CC1(C)CC2(CC(C)(C)c3cc(Cl)c(OS(=O)(=O)C(F)(F)F)cc32)c2ccccc21. The molecular formula is C22H22ClF3O3S. The predicted molar refractivity (Wildman–Crippen MR) is 110 cm³/mol. The van der Waals surface area contributed by atoms with Crippen molar-refractivity contribution in [2.24, 2.45) is 0 Å². The maximum absolute atomic E-state index is 12.9. The van der Waals surface area contributed by atoms with Gasteiger partial charge in [0.15, 0.2) is 5.75 Å². The van der Waals surface area contributed by atoms with Crippen molar-refractivity contribution in [1.29, 1.82) is 0 Å². The van der Waals surface area contributed by atoms with E-state index in [2.05, 4.69) is 44.0 Å². The molecule has 0 N–H and O–H groups in total. The van der Waals surface area contributed by atoms with Gasteiger partial charge >= 0.3 is 15.6 Å². The molecule has 1 unspecified atom stereocenters. The van der Waals surface area contributed by atoms with Gasteiger partial charge < -0.3 is 4.18 Å². The van der Waals surface area contributed by atoms with Crippen LogP contribution >= 0.6 is 11.6 Å². The van der Waals surface area contributed by atoms with Gasteiger partial charge in [-0.25, -0.2) is 0 Å². The Morgan fingerprint density at radius 2 is 1.43 bits per heavy atom. The zero-order valence-electron chi connectivity index (χ0n) is 17.0. The molecule has 0 saturated heterocycles. The van der Waals surface area contributed by atoms with E-state index in [1.54, 1.807) is 6.07 Å². The van der Waals surface area contributed by atoms with E-state index in [0.29, 0.717) is 0 Å². The van der Waals surface area contributed by atoms with Gasteiger partial charge in [0.25, 0.3) is 0 Å². The van der Waals surface area contributed by atoms with Gasteiger partial charge in [0.2, 0.25) is 0 Å². The van der Waals surface area contributed by atoms with Gasteiger partial charge in [-0.3, -0.25) is 0 Å². The number of hydrogen-bond acceptors (Lipinski definition) is 3. The average Bonchev–Trinajstić information content (AvgIpc) is 2.95. The van der Waals surface area contributed by atoms with Gasteiger partial charge in [-0.1, -0.05) is 63.6 Å². The van der Waals surface area contributed by atoms with Gasteiger partial charge in [0, 0.05) is 5.41 Å². The van der Waals surface area contributed by atoms with Crippen LogP contribution in [0.2, 0.25) is 5.02 Å². The number of hydrogen-bond donors (Lipinski definition) is 0. The third-order valence-electron chi connectivity index (χ3n) is 6.46. The molecular weight excluding hydrogens is 437 g/mol. The summed E-state index contributed by atoms with van der Waals surface area (Å²) in [6.07, 6.45) is 1.49. The van der Waals surface area contributed by atoms with Crippen molar-refractivity contribution in [3.8, 4) is 5.75 Å². The number of fused-ring (bicyclic) bond motifs is 4. The molecule has 0 aliphatic heterocycles. The lowest BCUT2D eigenvalue weighted by Gasteiger charge is -2.30. The van der Waals surface area contributed by atoms with Crippen LogP contribution in [-0.2, 0) is 26.4 Å². The normalized spacial score (nSPS) is 24.0. The van der Waals surface area contributed by atoms with Gasteiger partial charge in [0.1, 0.15) is 0 Å². The Morgan fingerprint density at radius 3 is 2.00 bits per heavy atom. The van der Waals surface area contributed by atoms with E-state index < -0.39 is 26.8 Å². The Kier molecular flexibility index (Phi) is 4.42. The summed E-state index contributed by atoms with van der Waals surface area (Å²) in [4.78, 5) is 0. The number of halogens is 4. The second kappa shape index (κ2) is 6.16. The molecule has 0 amide bonds. The highest BCUT2D eigenvalue weighted by Crippen LogP contribution is 2.63. The van der Waals surface area contributed by atoms with Gasteiger partial charge in [0.05, 0.1) is 5.02 Å². The molecule has 1 atom stereocenters. The maximum atomic E-state index is 12.9. The summed E-state index contributed by atoms with van der Waals surface area (Å²) in [6.45, 7) is 8.43. The summed E-state index contributed by atoms with van der Waals surface area (Å²) in [5.74, 6) is -0.494. The van der Waals surface area contributed by atoms with Crippen LogP contribution in [-0.4, -0.2) is 13.9 Å².